The first-order valence-electron chi connectivity index (χ1n) is 6.04. The number of carbonyl (C=O) groups is 2. The summed E-state index contributed by atoms with van der Waals surface area (Å²) in [5.74, 6) is -1.74. The molecule has 5 heteroatoms. The maximum absolute atomic E-state index is 11.7. The molecule has 0 spiro atoms. The quantitative estimate of drug-likeness (QED) is 0.130. The van der Waals surface area contributed by atoms with Gasteiger partial charge in [0.2, 0.25) is 0 Å². The third-order valence-corrected chi connectivity index (χ3v) is 2.53. The van der Waals surface area contributed by atoms with Crippen molar-refractivity contribution in [3.8, 4) is 0 Å². The molecular formula is C13H21NiO4+. The molecule has 0 aliphatic heterocycles. The third kappa shape index (κ3) is 7.49. The molecule has 0 amide bonds. The Balaban J connectivity index is 0. The van der Waals surface area contributed by atoms with E-state index in [1.807, 2.05) is 0 Å². The third-order valence-electron chi connectivity index (χ3n) is 2.53. The van der Waals surface area contributed by atoms with Crippen LogP contribution in [-0.2, 0) is 30.8 Å². The Morgan fingerprint density at radius 2 is 1.67 bits per heavy atom. The van der Waals surface area contributed by atoms with E-state index in [2.05, 4.69) is 11.7 Å². The molecule has 0 radical (unpaired) electrons. The molecule has 18 heavy (non-hydrogen) atoms. The molecule has 4 nitrogen and oxygen atoms in total. The second-order valence-electron chi connectivity index (χ2n) is 4.01. The monoisotopic (exact) mass is 299 g/mol. The predicted molar refractivity (Wildman–Crippen MR) is 63.1 cm³/mol. The fraction of sp³-hybridized carbons (Fsp3) is 0.692. The van der Waals surface area contributed by atoms with Gasteiger partial charge in [-0.1, -0.05) is 39.0 Å². The number of hydrogen-bond donors (Lipinski definition) is 0. The van der Waals surface area contributed by atoms with Crippen LogP contribution in [0.2, 0.25) is 0 Å². The van der Waals surface area contributed by atoms with Crippen molar-refractivity contribution < 1.29 is 35.9 Å². The summed E-state index contributed by atoms with van der Waals surface area (Å²) in [6.45, 7) is 3.32. The first-order chi connectivity index (χ1) is 8.04. The van der Waals surface area contributed by atoms with Gasteiger partial charge in [0.05, 0.1) is 12.7 Å². The number of allylic oxidation sites excluding steroid dienone is 1. The van der Waals surface area contributed by atoms with E-state index in [0.717, 1.165) is 25.7 Å². The molecule has 0 N–H and O–H groups in total. The predicted octanol–water partition coefficient (Wildman–Crippen LogP) is 1.72. The fourth-order valence-electron chi connectivity index (χ4n) is 1.57. The maximum Gasteiger partial charge on any atom is 2.00 e. The zero-order valence-electron chi connectivity index (χ0n) is 11.2. The molecule has 0 heterocycles. The average Bonchev–Trinajstić information content (AvgIpc) is 2.28. The molecule has 0 aromatic carbocycles. The summed E-state index contributed by atoms with van der Waals surface area (Å²) in [5.41, 5.74) is -0.331. The van der Waals surface area contributed by atoms with Gasteiger partial charge in [-0.25, -0.2) is 4.79 Å². The van der Waals surface area contributed by atoms with E-state index < -0.39 is 17.5 Å². The Bertz CT molecular complexity index is 297. The van der Waals surface area contributed by atoms with Crippen LogP contribution in [0.15, 0.2) is 11.3 Å². The molecule has 0 saturated carbocycles. The van der Waals surface area contributed by atoms with E-state index in [1.54, 1.807) is 0 Å². The van der Waals surface area contributed by atoms with Crippen LogP contribution >= 0.6 is 0 Å². The summed E-state index contributed by atoms with van der Waals surface area (Å²) in [6, 6.07) is 0. The van der Waals surface area contributed by atoms with Gasteiger partial charge in [-0.2, -0.15) is 0 Å². The van der Waals surface area contributed by atoms with Crippen molar-refractivity contribution in [3.63, 3.8) is 0 Å². The number of hydrogen-bond acceptors (Lipinski definition) is 4. The fourth-order valence-corrected chi connectivity index (χ4v) is 1.57. The molecule has 0 aliphatic rings. The summed E-state index contributed by atoms with van der Waals surface area (Å²) in [7, 11) is 1.17. The average molecular weight is 300 g/mol. The second-order valence-corrected chi connectivity index (χ2v) is 4.01. The second kappa shape index (κ2) is 11.3. The smallest absolute Gasteiger partial charge is 0.875 e. The molecule has 0 unspecified atom stereocenters. The number of unbranched alkanes of at least 4 members (excludes halogenated alkanes) is 4. The van der Waals surface area contributed by atoms with E-state index >= 15 is 0 Å². The van der Waals surface area contributed by atoms with E-state index in [9.17, 15) is 14.7 Å². The van der Waals surface area contributed by atoms with Gasteiger partial charge in [0.25, 0.3) is 0 Å². The molecule has 0 bridgehead atoms. The van der Waals surface area contributed by atoms with Gasteiger partial charge in [-0.3, -0.25) is 4.79 Å². The van der Waals surface area contributed by atoms with Gasteiger partial charge in [0.1, 0.15) is 0 Å². The molecule has 0 saturated heterocycles. The minimum atomic E-state index is -0.823. The molecule has 0 fully saturated rings. The summed E-state index contributed by atoms with van der Waals surface area (Å²) < 4.78 is 4.42. The number of ether oxygens (including phenoxy) is 1. The number of ketones is 1. The van der Waals surface area contributed by atoms with Crippen LogP contribution in [0, 0.1) is 0 Å². The number of carbonyl (C=O) groups excluding carboxylic acids is 2. The first-order valence-corrected chi connectivity index (χ1v) is 6.04. The summed E-state index contributed by atoms with van der Waals surface area (Å²) >= 11 is 0. The molecule has 106 valence electrons. The normalized spacial score (nSPS) is 11.3. The van der Waals surface area contributed by atoms with Crippen LogP contribution in [0.3, 0.4) is 0 Å². The zero-order chi connectivity index (χ0) is 13.3. The van der Waals surface area contributed by atoms with Gasteiger partial charge >= 0.3 is 22.5 Å². The van der Waals surface area contributed by atoms with Crippen molar-refractivity contribution >= 4 is 11.8 Å². The largest absolute Gasteiger partial charge is 2.00 e. The molecular weight excluding hydrogens is 279 g/mol. The Morgan fingerprint density at radius 1 is 1.11 bits per heavy atom. The van der Waals surface area contributed by atoms with Gasteiger partial charge in [0.15, 0.2) is 5.78 Å². The molecule has 0 rings (SSSR count). The molecule has 0 aromatic rings. The molecule has 0 aromatic heterocycles. The van der Waals surface area contributed by atoms with Crippen molar-refractivity contribution in [2.24, 2.45) is 0 Å². The number of Topliss-reactive ketones (excluding diaryl/α,β-unsaturated/α-hetero) is 1. The van der Waals surface area contributed by atoms with E-state index in [4.69, 9.17) is 0 Å². The van der Waals surface area contributed by atoms with E-state index in [1.165, 1.54) is 14.0 Å². The van der Waals surface area contributed by atoms with Crippen LogP contribution in [0.4, 0.5) is 0 Å². The van der Waals surface area contributed by atoms with Gasteiger partial charge in [0, 0.05) is 0 Å². The standard InChI is InChI=1S/C13H22O4.Ni/c1-4-5-6-7-8-9-11(15)12(10(2)14)13(16)17-3;/h15H,4-9H2,1-3H3;/q;+2/p-1/b12-11+;. The van der Waals surface area contributed by atoms with E-state index in [-0.39, 0.29) is 28.5 Å². The van der Waals surface area contributed by atoms with Gasteiger partial charge in [-0.15, -0.1) is 5.76 Å². The Hall–Kier alpha value is -0.826. The van der Waals surface area contributed by atoms with Crippen LogP contribution in [0.1, 0.15) is 52.4 Å². The summed E-state index contributed by atoms with van der Waals surface area (Å²) in [4.78, 5) is 22.4. The Labute approximate surface area is 119 Å². The van der Waals surface area contributed by atoms with Crippen LogP contribution in [-0.4, -0.2) is 18.9 Å². The summed E-state index contributed by atoms with van der Waals surface area (Å²) in [5, 5.41) is 11.7. The zero-order valence-corrected chi connectivity index (χ0v) is 12.2. The number of rotatable bonds is 8. The van der Waals surface area contributed by atoms with Crippen LogP contribution < -0.4 is 5.11 Å². The van der Waals surface area contributed by atoms with Crippen molar-refractivity contribution in [3.05, 3.63) is 11.3 Å². The summed E-state index contributed by atoms with van der Waals surface area (Å²) in [6.07, 6.45) is 5.28. The van der Waals surface area contributed by atoms with Crippen molar-refractivity contribution in [1.29, 1.82) is 0 Å². The minimum absolute atomic E-state index is 0. The SMILES string of the molecule is CCCCCCC/C([O-])=C(/C(C)=O)C(=O)OC.[Ni+2]. The number of esters is 1. The Kier molecular flexibility index (Phi) is 12.2. The topological polar surface area (TPSA) is 66.4 Å². The van der Waals surface area contributed by atoms with Crippen molar-refractivity contribution in [1.82, 2.24) is 0 Å². The maximum atomic E-state index is 11.7. The minimum Gasteiger partial charge on any atom is -0.875 e. The van der Waals surface area contributed by atoms with Gasteiger partial charge in [-0.05, 0) is 13.3 Å². The van der Waals surface area contributed by atoms with Crippen LogP contribution in [0.5, 0.6) is 0 Å². The van der Waals surface area contributed by atoms with E-state index in [0.29, 0.717) is 6.42 Å². The molecule has 0 aliphatic carbocycles. The number of methoxy groups -OCH3 is 1. The molecule has 0 atom stereocenters. The van der Waals surface area contributed by atoms with Gasteiger partial charge < -0.3 is 9.84 Å². The Morgan fingerprint density at radius 3 is 2.11 bits per heavy atom. The van der Waals surface area contributed by atoms with Crippen LogP contribution in [0.25, 0.3) is 0 Å². The first kappa shape index (κ1) is 19.5. The van der Waals surface area contributed by atoms with Crippen molar-refractivity contribution in [2.45, 2.75) is 52.4 Å². The van der Waals surface area contributed by atoms with Crippen molar-refractivity contribution in [2.75, 3.05) is 7.11 Å².